The first-order chi connectivity index (χ1) is 12.6. The van der Waals surface area contributed by atoms with Crippen molar-refractivity contribution in [3.05, 3.63) is 47.3 Å². The maximum absolute atomic E-state index is 12.5. The molecule has 0 saturated heterocycles. The zero-order chi connectivity index (χ0) is 20.2. The number of aliphatic carboxylic acids is 1. The number of rotatable bonds is 6. The molecule has 0 radical (unpaired) electrons. The van der Waals surface area contributed by atoms with Crippen LogP contribution >= 0.6 is 0 Å². The van der Waals surface area contributed by atoms with E-state index in [0.29, 0.717) is 16.9 Å². The number of carboxylic acids is 1. The van der Waals surface area contributed by atoms with Crippen LogP contribution in [0.2, 0.25) is 0 Å². The summed E-state index contributed by atoms with van der Waals surface area (Å²) in [7, 11) is 1.72. The van der Waals surface area contributed by atoms with Crippen LogP contribution in [0.5, 0.6) is 0 Å². The van der Waals surface area contributed by atoms with Crippen molar-refractivity contribution in [1.82, 2.24) is 15.1 Å². The normalized spacial score (nSPS) is 11.1. The summed E-state index contributed by atoms with van der Waals surface area (Å²) in [5.41, 5.74) is 2.03. The maximum Gasteiger partial charge on any atom is 0.305 e. The minimum absolute atomic E-state index is 0.0588. The fourth-order valence-corrected chi connectivity index (χ4v) is 2.33. The molecule has 8 heteroatoms. The lowest BCUT2D eigenvalue weighted by Gasteiger charge is -2.13. The predicted molar refractivity (Wildman–Crippen MR) is 101 cm³/mol. The van der Waals surface area contributed by atoms with E-state index < -0.39 is 5.97 Å². The number of amides is 2. The van der Waals surface area contributed by atoms with Crippen molar-refractivity contribution in [2.45, 2.75) is 32.6 Å². The highest BCUT2D eigenvalue weighted by atomic mass is 16.4. The number of aryl methyl sites for hydroxylation is 1. The van der Waals surface area contributed by atoms with Crippen LogP contribution in [0.3, 0.4) is 0 Å². The first-order valence-electron chi connectivity index (χ1n) is 8.54. The van der Waals surface area contributed by atoms with Gasteiger partial charge in [0.15, 0.2) is 0 Å². The van der Waals surface area contributed by atoms with E-state index in [1.54, 1.807) is 42.1 Å². The van der Waals surface area contributed by atoms with Crippen molar-refractivity contribution in [1.29, 1.82) is 0 Å². The Morgan fingerprint density at radius 2 is 1.74 bits per heavy atom. The number of anilines is 1. The summed E-state index contributed by atoms with van der Waals surface area (Å²) < 4.78 is 1.54. The fraction of sp³-hybridized carbons (Fsp3) is 0.368. The van der Waals surface area contributed by atoms with Crippen molar-refractivity contribution in [2.24, 2.45) is 7.05 Å². The molecular weight excluding hydrogens is 348 g/mol. The molecule has 2 rings (SSSR count). The molecular formula is C19H24N4O4. The van der Waals surface area contributed by atoms with Crippen LogP contribution < -0.4 is 10.6 Å². The molecule has 1 aromatic heterocycles. The second kappa shape index (κ2) is 8.03. The van der Waals surface area contributed by atoms with E-state index in [1.807, 2.05) is 20.8 Å². The number of carboxylic acid groups (broad SMARTS) is 1. The van der Waals surface area contributed by atoms with E-state index in [2.05, 4.69) is 15.7 Å². The standard InChI is InChI=1S/C19H24N4O4/c1-19(2,3)15-11-14(23(4)22-15)18(27)21-13-7-5-12(6-8-13)17(26)20-10-9-16(24)25/h5-8,11H,9-10H2,1-4H3,(H,20,26)(H,21,27)(H,24,25). The van der Waals surface area contributed by atoms with Crippen molar-refractivity contribution in [3.63, 3.8) is 0 Å². The molecule has 1 aromatic carbocycles. The fourth-order valence-electron chi connectivity index (χ4n) is 2.33. The maximum atomic E-state index is 12.5. The van der Waals surface area contributed by atoms with Gasteiger partial charge in [-0.25, -0.2) is 0 Å². The largest absolute Gasteiger partial charge is 0.481 e. The molecule has 0 atom stereocenters. The topological polar surface area (TPSA) is 113 Å². The van der Waals surface area contributed by atoms with Gasteiger partial charge in [-0.1, -0.05) is 20.8 Å². The molecule has 144 valence electrons. The summed E-state index contributed by atoms with van der Waals surface area (Å²) in [4.78, 5) is 34.9. The molecule has 2 amide bonds. The monoisotopic (exact) mass is 372 g/mol. The number of carbonyl (C=O) groups excluding carboxylic acids is 2. The van der Waals surface area contributed by atoms with Crippen LogP contribution in [-0.4, -0.2) is 39.2 Å². The van der Waals surface area contributed by atoms with Gasteiger partial charge in [0.25, 0.3) is 11.8 Å². The molecule has 3 N–H and O–H groups in total. The van der Waals surface area contributed by atoms with Crippen molar-refractivity contribution in [3.8, 4) is 0 Å². The van der Waals surface area contributed by atoms with E-state index in [9.17, 15) is 14.4 Å². The Kier molecular flexibility index (Phi) is 5.99. The lowest BCUT2D eigenvalue weighted by molar-refractivity contribution is -0.136. The Morgan fingerprint density at radius 3 is 2.26 bits per heavy atom. The van der Waals surface area contributed by atoms with Gasteiger partial charge in [0.1, 0.15) is 5.69 Å². The van der Waals surface area contributed by atoms with Gasteiger partial charge in [-0.05, 0) is 30.3 Å². The van der Waals surface area contributed by atoms with Gasteiger partial charge in [0, 0.05) is 30.3 Å². The van der Waals surface area contributed by atoms with Gasteiger partial charge >= 0.3 is 5.97 Å². The van der Waals surface area contributed by atoms with Crippen LogP contribution in [0.25, 0.3) is 0 Å². The SMILES string of the molecule is Cn1nc(C(C)(C)C)cc1C(=O)Nc1ccc(C(=O)NCCC(=O)O)cc1. The molecule has 0 fully saturated rings. The summed E-state index contributed by atoms with van der Waals surface area (Å²) in [6.07, 6.45) is -0.138. The van der Waals surface area contributed by atoms with Gasteiger partial charge in [-0.2, -0.15) is 5.10 Å². The average molecular weight is 372 g/mol. The number of nitrogens with zero attached hydrogens (tertiary/aromatic N) is 2. The number of benzene rings is 1. The zero-order valence-electron chi connectivity index (χ0n) is 15.9. The minimum atomic E-state index is -0.974. The van der Waals surface area contributed by atoms with Gasteiger partial charge in [0.2, 0.25) is 0 Å². The molecule has 0 unspecified atom stereocenters. The first-order valence-corrected chi connectivity index (χ1v) is 8.54. The van der Waals surface area contributed by atoms with Crippen molar-refractivity contribution < 1.29 is 19.5 Å². The van der Waals surface area contributed by atoms with E-state index in [1.165, 1.54) is 0 Å². The van der Waals surface area contributed by atoms with E-state index >= 15 is 0 Å². The smallest absolute Gasteiger partial charge is 0.305 e. The van der Waals surface area contributed by atoms with Crippen LogP contribution in [-0.2, 0) is 17.3 Å². The number of carbonyl (C=O) groups is 3. The Labute approximate surface area is 157 Å². The van der Waals surface area contributed by atoms with Crippen molar-refractivity contribution in [2.75, 3.05) is 11.9 Å². The van der Waals surface area contributed by atoms with Crippen LogP contribution in [0.15, 0.2) is 30.3 Å². The highest BCUT2D eigenvalue weighted by Crippen LogP contribution is 2.22. The Morgan fingerprint density at radius 1 is 1.11 bits per heavy atom. The van der Waals surface area contributed by atoms with Gasteiger partial charge in [-0.3, -0.25) is 19.1 Å². The molecule has 0 spiro atoms. The molecule has 0 aliphatic rings. The Balaban J connectivity index is 2.02. The molecule has 0 bridgehead atoms. The summed E-state index contributed by atoms with van der Waals surface area (Å²) in [5, 5.41) is 18.3. The molecule has 2 aromatic rings. The van der Waals surface area contributed by atoms with Gasteiger partial charge in [-0.15, -0.1) is 0 Å². The van der Waals surface area contributed by atoms with Crippen LogP contribution in [0, 0.1) is 0 Å². The highest BCUT2D eigenvalue weighted by molar-refractivity contribution is 6.03. The van der Waals surface area contributed by atoms with Crippen LogP contribution in [0.1, 0.15) is 53.7 Å². The van der Waals surface area contributed by atoms with Crippen LogP contribution in [0.4, 0.5) is 5.69 Å². The van der Waals surface area contributed by atoms with E-state index in [-0.39, 0.29) is 30.2 Å². The third-order valence-corrected chi connectivity index (χ3v) is 3.91. The Hall–Kier alpha value is -3.16. The molecule has 8 nitrogen and oxygen atoms in total. The molecule has 1 heterocycles. The zero-order valence-corrected chi connectivity index (χ0v) is 15.9. The highest BCUT2D eigenvalue weighted by Gasteiger charge is 2.21. The third kappa shape index (κ3) is 5.40. The summed E-state index contributed by atoms with van der Waals surface area (Å²) in [5.74, 6) is -1.63. The second-order valence-corrected chi connectivity index (χ2v) is 7.22. The Bertz CT molecular complexity index is 848. The summed E-state index contributed by atoms with van der Waals surface area (Å²) in [6, 6.07) is 8.13. The molecule has 0 aliphatic heterocycles. The first kappa shape index (κ1) is 20.2. The van der Waals surface area contributed by atoms with E-state index in [4.69, 9.17) is 5.11 Å². The second-order valence-electron chi connectivity index (χ2n) is 7.22. The number of hydrogen-bond acceptors (Lipinski definition) is 4. The number of nitrogens with one attached hydrogen (secondary N) is 2. The number of hydrogen-bond donors (Lipinski definition) is 3. The van der Waals surface area contributed by atoms with Gasteiger partial charge in [0.05, 0.1) is 12.1 Å². The quantitative estimate of drug-likeness (QED) is 0.719. The van der Waals surface area contributed by atoms with E-state index in [0.717, 1.165) is 5.69 Å². The minimum Gasteiger partial charge on any atom is -0.481 e. The molecule has 0 aliphatic carbocycles. The predicted octanol–water partition coefficient (Wildman–Crippen LogP) is 2.17. The third-order valence-electron chi connectivity index (χ3n) is 3.91. The average Bonchev–Trinajstić information content (AvgIpc) is 2.97. The summed E-state index contributed by atoms with van der Waals surface area (Å²) >= 11 is 0. The van der Waals surface area contributed by atoms with Gasteiger partial charge < -0.3 is 15.7 Å². The van der Waals surface area contributed by atoms with Crippen molar-refractivity contribution >= 4 is 23.5 Å². The lowest BCUT2D eigenvalue weighted by Crippen LogP contribution is -2.26. The molecule has 0 saturated carbocycles. The lowest BCUT2D eigenvalue weighted by atomic mass is 9.92. The summed E-state index contributed by atoms with van der Waals surface area (Å²) in [6.45, 7) is 6.13. The number of aromatic nitrogens is 2. The molecule has 27 heavy (non-hydrogen) atoms.